The Morgan fingerprint density at radius 2 is 1.74 bits per heavy atom. The van der Waals surface area contributed by atoms with Gasteiger partial charge in [0, 0.05) is 22.9 Å². The molecular formula is C32H28N2O7S. The van der Waals surface area contributed by atoms with Gasteiger partial charge in [-0.05, 0) is 62.7 Å². The number of para-hydroxylation sites is 1. The Labute approximate surface area is 247 Å². The van der Waals surface area contributed by atoms with Crippen molar-refractivity contribution in [3.8, 4) is 23.0 Å². The quantitative estimate of drug-likeness (QED) is 0.307. The number of carbonyl (C=O) groups is 3. The summed E-state index contributed by atoms with van der Waals surface area (Å²) in [5, 5.41) is 0. The van der Waals surface area contributed by atoms with Crippen LogP contribution in [0.4, 0.5) is 11.4 Å². The first-order valence-electron chi connectivity index (χ1n) is 13.6. The number of allylic oxidation sites excluding steroid dienone is 1. The second-order valence-corrected chi connectivity index (χ2v) is 12.2. The van der Waals surface area contributed by atoms with Gasteiger partial charge in [0.15, 0.2) is 11.5 Å². The Bertz CT molecular complexity index is 1730. The molecule has 0 bridgehead atoms. The molecule has 1 spiro atoms. The lowest BCUT2D eigenvalue weighted by atomic mass is 9.89. The highest BCUT2D eigenvalue weighted by Gasteiger charge is 2.64. The Hall–Kier alpha value is -4.44. The summed E-state index contributed by atoms with van der Waals surface area (Å²) in [7, 11) is 1.49. The maximum Gasteiger partial charge on any atom is 0.347 e. The number of amides is 2. The number of carbonyl (C=O) groups excluding carboxylic acids is 3. The molecule has 3 aromatic carbocycles. The Kier molecular flexibility index (Phi) is 5.85. The van der Waals surface area contributed by atoms with Crippen molar-refractivity contribution in [3.05, 3.63) is 77.4 Å². The molecule has 42 heavy (non-hydrogen) atoms. The Morgan fingerprint density at radius 1 is 0.976 bits per heavy atom. The molecule has 0 radical (unpaired) electrons. The Morgan fingerprint density at radius 3 is 2.52 bits per heavy atom. The van der Waals surface area contributed by atoms with E-state index in [4.69, 9.17) is 18.9 Å². The number of ether oxygens (including phenoxy) is 4. The van der Waals surface area contributed by atoms with E-state index < -0.39 is 16.4 Å². The second kappa shape index (κ2) is 9.29. The molecule has 3 aromatic rings. The lowest BCUT2D eigenvalue weighted by Crippen LogP contribution is -2.54. The molecule has 4 aliphatic rings. The molecule has 7 rings (SSSR count). The lowest BCUT2D eigenvalue weighted by Gasteiger charge is -2.40. The van der Waals surface area contributed by atoms with Gasteiger partial charge >= 0.3 is 5.97 Å². The molecule has 1 saturated heterocycles. The van der Waals surface area contributed by atoms with Crippen LogP contribution in [0.3, 0.4) is 0 Å². The summed E-state index contributed by atoms with van der Waals surface area (Å²) >= 11 is 1.27. The molecular weight excluding hydrogens is 556 g/mol. The van der Waals surface area contributed by atoms with E-state index in [1.807, 2.05) is 26.8 Å². The van der Waals surface area contributed by atoms with Gasteiger partial charge in [-0.1, -0.05) is 18.2 Å². The predicted molar refractivity (Wildman–Crippen MR) is 159 cm³/mol. The third-order valence-electron chi connectivity index (χ3n) is 8.03. The fourth-order valence-corrected chi connectivity index (χ4v) is 7.68. The van der Waals surface area contributed by atoms with Crippen LogP contribution < -0.4 is 28.7 Å². The molecule has 0 unspecified atom stereocenters. The highest BCUT2D eigenvalue weighted by molar-refractivity contribution is 8.02. The average Bonchev–Trinajstić information content (AvgIpc) is 3.46. The van der Waals surface area contributed by atoms with Crippen LogP contribution in [0.15, 0.2) is 60.7 Å². The Balaban J connectivity index is 1.41. The van der Waals surface area contributed by atoms with Crippen LogP contribution in [0.2, 0.25) is 0 Å². The average molecular weight is 585 g/mol. The van der Waals surface area contributed by atoms with E-state index in [2.05, 4.69) is 0 Å². The summed E-state index contributed by atoms with van der Waals surface area (Å²) < 4.78 is 22.8. The summed E-state index contributed by atoms with van der Waals surface area (Å²) in [5.41, 5.74) is 3.15. The van der Waals surface area contributed by atoms with E-state index in [1.54, 1.807) is 64.4 Å². The zero-order valence-corrected chi connectivity index (χ0v) is 24.4. The van der Waals surface area contributed by atoms with E-state index in [1.165, 1.54) is 18.9 Å². The topological polar surface area (TPSA) is 94.6 Å². The highest BCUT2D eigenvalue weighted by Crippen LogP contribution is 2.61. The molecule has 214 valence electrons. The molecule has 0 aromatic heterocycles. The smallest absolute Gasteiger partial charge is 0.347 e. The third kappa shape index (κ3) is 3.67. The number of nitrogens with zero attached hydrogens (tertiary/aromatic N) is 2. The lowest BCUT2D eigenvalue weighted by molar-refractivity contribution is -0.124. The van der Waals surface area contributed by atoms with E-state index in [0.29, 0.717) is 47.4 Å². The van der Waals surface area contributed by atoms with Crippen molar-refractivity contribution < 1.29 is 33.3 Å². The van der Waals surface area contributed by atoms with Crippen LogP contribution in [0.25, 0.3) is 5.57 Å². The molecule has 10 heteroatoms. The number of thioether (sulfide) groups is 1. The molecule has 0 saturated carbocycles. The van der Waals surface area contributed by atoms with Gasteiger partial charge in [0.05, 0.1) is 24.1 Å². The molecule has 0 aliphatic carbocycles. The van der Waals surface area contributed by atoms with E-state index in [0.717, 1.165) is 11.1 Å². The van der Waals surface area contributed by atoms with Crippen LogP contribution >= 0.6 is 11.8 Å². The van der Waals surface area contributed by atoms with Gasteiger partial charge in [0.1, 0.15) is 30.3 Å². The minimum Gasteiger partial charge on any atom is -0.496 e. The number of hydrogen-bond acceptors (Lipinski definition) is 8. The van der Waals surface area contributed by atoms with Gasteiger partial charge in [0.2, 0.25) is 10.8 Å². The zero-order valence-electron chi connectivity index (χ0n) is 23.6. The van der Waals surface area contributed by atoms with Gasteiger partial charge in [-0.2, -0.15) is 0 Å². The van der Waals surface area contributed by atoms with Crippen LogP contribution in [0, 0.1) is 0 Å². The van der Waals surface area contributed by atoms with Crippen molar-refractivity contribution in [2.75, 3.05) is 35.9 Å². The normalized spacial score (nSPS) is 21.4. The van der Waals surface area contributed by atoms with Crippen molar-refractivity contribution in [3.63, 3.8) is 0 Å². The van der Waals surface area contributed by atoms with Crippen molar-refractivity contribution in [1.82, 2.24) is 0 Å². The highest BCUT2D eigenvalue weighted by atomic mass is 32.2. The van der Waals surface area contributed by atoms with Crippen molar-refractivity contribution in [2.24, 2.45) is 0 Å². The molecule has 2 amide bonds. The predicted octanol–water partition coefficient (Wildman–Crippen LogP) is 5.16. The number of fused-ring (bicyclic) bond motifs is 2. The van der Waals surface area contributed by atoms with Crippen LogP contribution in [-0.4, -0.2) is 49.4 Å². The van der Waals surface area contributed by atoms with Gasteiger partial charge < -0.3 is 18.9 Å². The van der Waals surface area contributed by atoms with Crippen molar-refractivity contribution in [2.45, 2.75) is 31.2 Å². The fraction of sp³-hybridized carbons (Fsp3) is 0.281. The second-order valence-electron chi connectivity index (χ2n) is 11.1. The molecule has 1 atom stereocenters. The van der Waals surface area contributed by atoms with Gasteiger partial charge in [-0.15, -0.1) is 11.8 Å². The first-order valence-corrected chi connectivity index (χ1v) is 14.6. The monoisotopic (exact) mass is 584 g/mol. The van der Waals surface area contributed by atoms with Crippen LogP contribution in [0.5, 0.6) is 23.0 Å². The first kappa shape index (κ1) is 26.5. The molecule has 4 aliphatic heterocycles. The summed E-state index contributed by atoms with van der Waals surface area (Å²) in [6.07, 6.45) is 2.03. The number of methoxy groups -OCH3 is 1. The minimum absolute atomic E-state index is 0.0981. The van der Waals surface area contributed by atoms with Crippen molar-refractivity contribution in [1.29, 1.82) is 0 Å². The summed E-state index contributed by atoms with van der Waals surface area (Å²) in [4.78, 5) is 43.6. The standard InChI is InChI=1S/C32H28N2O7S/c1-18-16-31(2,3)34-28-22(18)14-20(41-29(36)21-7-5-6-8-24(21)38-4)15-23(28)32(30(34)37)33(27(35)17-42-32)19-9-10-25-26(13-19)40-12-11-39-25/h5-10,13-16H,11-12,17H2,1-4H3/t32-/m1/s1. The van der Waals surface area contributed by atoms with E-state index >= 15 is 0 Å². The fourth-order valence-electron chi connectivity index (χ4n) is 6.36. The third-order valence-corrected chi connectivity index (χ3v) is 9.41. The SMILES string of the molecule is COc1ccccc1C(=O)Oc1cc2c3c(c1)[C@@]1(SCC(=O)N1c1ccc4c(c1)OCCO4)C(=O)N3C(C)(C)C=C2C. The molecule has 0 N–H and O–H groups in total. The number of hydrogen-bond donors (Lipinski definition) is 0. The summed E-state index contributed by atoms with van der Waals surface area (Å²) in [6, 6.07) is 15.6. The summed E-state index contributed by atoms with van der Waals surface area (Å²) in [6.45, 7) is 6.76. The van der Waals surface area contributed by atoms with Crippen molar-refractivity contribution >= 4 is 46.5 Å². The van der Waals surface area contributed by atoms with Gasteiger partial charge in [-0.3, -0.25) is 19.4 Å². The molecule has 4 heterocycles. The molecule has 1 fully saturated rings. The number of benzene rings is 3. The number of anilines is 2. The summed E-state index contributed by atoms with van der Waals surface area (Å²) in [5.74, 6) is 0.829. The van der Waals surface area contributed by atoms with Crippen LogP contribution in [0.1, 0.15) is 42.3 Å². The minimum atomic E-state index is -1.41. The van der Waals surface area contributed by atoms with E-state index in [9.17, 15) is 14.4 Å². The maximum absolute atomic E-state index is 14.7. The largest absolute Gasteiger partial charge is 0.496 e. The van der Waals surface area contributed by atoms with Gasteiger partial charge in [-0.25, -0.2) is 4.79 Å². The maximum atomic E-state index is 14.7. The zero-order chi connectivity index (χ0) is 29.4. The number of rotatable bonds is 4. The van der Waals surface area contributed by atoms with Gasteiger partial charge in [0.25, 0.3) is 5.91 Å². The molecule has 9 nitrogen and oxygen atoms in total. The van der Waals surface area contributed by atoms with E-state index in [-0.39, 0.29) is 28.9 Å². The van der Waals surface area contributed by atoms with Crippen LogP contribution in [-0.2, 0) is 14.5 Å². The number of esters is 1. The first-order chi connectivity index (χ1) is 20.2.